The number of morpholine rings is 1. The maximum absolute atomic E-state index is 11.9. The van der Waals surface area contributed by atoms with Crippen molar-refractivity contribution in [2.24, 2.45) is 0 Å². The number of halogens is 3. The summed E-state index contributed by atoms with van der Waals surface area (Å²) in [4.78, 5) is 25.3. The van der Waals surface area contributed by atoms with Gasteiger partial charge in [0.05, 0.1) is 13.2 Å². The number of ether oxygens (including phenoxy) is 1. The summed E-state index contributed by atoms with van der Waals surface area (Å²) in [5.41, 5.74) is 0.120. The van der Waals surface area contributed by atoms with Gasteiger partial charge in [-0.3, -0.25) is 9.59 Å². The summed E-state index contributed by atoms with van der Waals surface area (Å²) in [7, 11) is 0. The summed E-state index contributed by atoms with van der Waals surface area (Å²) >= 11 is 17.2. The third-order valence-electron chi connectivity index (χ3n) is 2.54. The number of ketones is 2. The predicted molar refractivity (Wildman–Crippen MR) is 64.0 cm³/mol. The van der Waals surface area contributed by atoms with Crippen molar-refractivity contribution < 1.29 is 14.3 Å². The average molecular weight is 297 g/mol. The molecule has 0 bridgehead atoms. The number of carbonyl (C=O) groups is 2. The molecule has 1 saturated heterocycles. The van der Waals surface area contributed by atoms with Crippen LogP contribution in [0.15, 0.2) is 20.8 Å². The van der Waals surface area contributed by atoms with Crippen molar-refractivity contribution in [2.75, 3.05) is 26.3 Å². The van der Waals surface area contributed by atoms with Crippen LogP contribution in [0.3, 0.4) is 0 Å². The van der Waals surface area contributed by atoms with Crippen LogP contribution in [0.4, 0.5) is 0 Å². The minimum atomic E-state index is -0.612. The predicted octanol–water partition coefficient (Wildman–Crippen LogP) is 1.61. The molecule has 2 aliphatic rings. The molecule has 1 heterocycles. The van der Waals surface area contributed by atoms with Crippen molar-refractivity contribution >= 4 is 46.4 Å². The quantitative estimate of drug-likeness (QED) is 0.690. The third kappa shape index (κ3) is 2.22. The fourth-order valence-corrected chi connectivity index (χ4v) is 2.38. The van der Waals surface area contributed by atoms with Gasteiger partial charge in [0.15, 0.2) is 0 Å². The van der Waals surface area contributed by atoms with Gasteiger partial charge >= 0.3 is 0 Å². The van der Waals surface area contributed by atoms with Gasteiger partial charge < -0.3 is 9.64 Å². The van der Waals surface area contributed by atoms with E-state index in [1.165, 1.54) is 0 Å². The monoisotopic (exact) mass is 295 g/mol. The highest BCUT2D eigenvalue weighted by Crippen LogP contribution is 2.33. The Morgan fingerprint density at radius 3 is 2.00 bits per heavy atom. The Morgan fingerprint density at radius 1 is 0.882 bits per heavy atom. The van der Waals surface area contributed by atoms with Gasteiger partial charge in [-0.05, 0) is 0 Å². The standard InChI is InChI=1S/C10H8Cl3NO3/c11-5-6(12)10(16)8(7(13)9(5)15)14-1-3-17-4-2-14/h1-4H2. The van der Waals surface area contributed by atoms with Gasteiger partial charge in [-0.1, -0.05) is 34.8 Å². The molecule has 92 valence electrons. The molecule has 0 radical (unpaired) electrons. The summed E-state index contributed by atoms with van der Waals surface area (Å²) < 4.78 is 5.16. The normalized spacial score (nSPS) is 22.6. The molecule has 0 unspecified atom stereocenters. The summed E-state index contributed by atoms with van der Waals surface area (Å²) in [6, 6.07) is 0. The van der Waals surface area contributed by atoms with E-state index < -0.39 is 11.6 Å². The molecule has 0 aromatic rings. The Kier molecular flexibility index (Phi) is 3.78. The van der Waals surface area contributed by atoms with Crippen LogP contribution >= 0.6 is 34.8 Å². The van der Waals surface area contributed by atoms with E-state index in [1.54, 1.807) is 4.90 Å². The zero-order valence-corrected chi connectivity index (χ0v) is 10.9. The molecule has 0 amide bonds. The molecule has 1 aliphatic carbocycles. The van der Waals surface area contributed by atoms with Crippen LogP contribution in [-0.4, -0.2) is 42.8 Å². The summed E-state index contributed by atoms with van der Waals surface area (Å²) in [5, 5.41) is -0.771. The van der Waals surface area contributed by atoms with Gasteiger partial charge in [0.25, 0.3) is 0 Å². The maximum Gasteiger partial charge on any atom is 0.223 e. The second-order valence-corrected chi connectivity index (χ2v) is 4.68. The Labute approximate surface area is 113 Å². The maximum atomic E-state index is 11.9. The minimum Gasteiger partial charge on any atom is -0.378 e. The van der Waals surface area contributed by atoms with Crippen molar-refractivity contribution in [3.63, 3.8) is 0 Å². The van der Waals surface area contributed by atoms with Crippen LogP contribution < -0.4 is 0 Å². The Balaban J connectivity index is 2.38. The molecule has 7 heteroatoms. The first-order valence-electron chi connectivity index (χ1n) is 4.91. The lowest BCUT2D eigenvalue weighted by molar-refractivity contribution is -0.117. The lowest BCUT2D eigenvalue weighted by Crippen LogP contribution is -2.40. The van der Waals surface area contributed by atoms with Crippen LogP contribution in [0, 0.1) is 0 Å². The molecular formula is C10H8Cl3NO3. The molecule has 1 fully saturated rings. The number of hydrogen-bond acceptors (Lipinski definition) is 4. The van der Waals surface area contributed by atoms with Gasteiger partial charge in [0.1, 0.15) is 20.8 Å². The first kappa shape index (κ1) is 12.9. The van der Waals surface area contributed by atoms with Gasteiger partial charge in [0, 0.05) is 13.1 Å². The first-order valence-corrected chi connectivity index (χ1v) is 6.04. The van der Waals surface area contributed by atoms with E-state index in [9.17, 15) is 9.59 Å². The van der Waals surface area contributed by atoms with Gasteiger partial charge in [-0.2, -0.15) is 0 Å². The Morgan fingerprint density at radius 2 is 1.41 bits per heavy atom. The molecule has 2 rings (SSSR count). The number of nitrogens with zero attached hydrogens (tertiary/aromatic N) is 1. The van der Waals surface area contributed by atoms with E-state index >= 15 is 0 Å². The first-order chi connectivity index (χ1) is 8.04. The fourth-order valence-electron chi connectivity index (χ4n) is 1.68. The minimum absolute atomic E-state index is 0.120. The Bertz CT molecular complexity index is 450. The molecule has 0 aromatic carbocycles. The topological polar surface area (TPSA) is 46.6 Å². The SMILES string of the molecule is O=C1C(Cl)=C(Cl)C(=O)C(N2CCOCC2)=C1Cl. The number of Topliss-reactive ketones (excluding diaryl/α,β-unsaturated/α-hetero) is 2. The number of carbonyl (C=O) groups excluding carboxylic acids is 2. The highest BCUT2D eigenvalue weighted by Gasteiger charge is 2.35. The molecule has 4 nitrogen and oxygen atoms in total. The van der Waals surface area contributed by atoms with E-state index in [0.29, 0.717) is 26.3 Å². The molecule has 1 aliphatic heterocycles. The lowest BCUT2D eigenvalue weighted by Gasteiger charge is -2.31. The van der Waals surface area contributed by atoms with Crippen LogP contribution in [-0.2, 0) is 14.3 Å². The lowest BCUT2D eigenvalue weighted by atomic mass is 10.1. The van der Waals surface area contributed by atoms with Crippen LogP contribution in [0.1, 0.15) is 0 Å². The second kappa shape index (κ2) is 4.98. The zero-order chi connectivity index (χ0) is 12.6. The number of rotatable bonds is 1. The molecule has 0 spiro atoms. The van der Waals surface area contributed by atoms with E-state index in [-0.39, 0.29) is 20.8 Å². The van der Waals surface area contributed by atoms with Crippen molar-refractivity contribution in [1.82, 2.24) is 4.90 Å². The van der Waals surface area contributed by atoms with Gasteiger partial charge in [0.2, 0.25) is 11.6 Å². The highest BCUT2D eigenvalue weighted by atomic mass is 35.5. The fraction of sp³-hybridized carbons (Fsp3) is 0.400. The molecule has 0 saturated carbocycles. The summed E-state index contributed by atoms with van der Waals surface area (Å²) in [5.74, 6) is -1.12. The van der Waals surface area contributed by atoms with Gasteiger partial charge in [-0.25, -0.2) is 0 Å². The highest BCUT2D eigenvalue weighted by molar-refractivity contribution is 6.64. The number of hydrogen-bond donors (Lipinski definition) is 0. The third-order valence-corrected chi connectivity index (χ3v) is 3.71. The largest absolute Gasteiger partial charge is 0.378 e. The zero-order valence-electron chi connectivity index (χ0n) is 8.63. The van der Waals surface area contributed by atoms with E-state index in [2.05, 4.69) is 0 Å². The smallest absolute Gasteiger partial charge is 0.223 e. The number of allylic oxidation sites excluding steroid dienone is 3. The van der Waals surface area contributed by atoms with Crippen LogP contribution in [0.5, 0.6) is 0 Å². The van der Waals surface area contributed by atoms with E-state index in [1.807, 2.05) is 0 Å². The second-order valence-electron chi connectivity index (χ2n) is 3.55. The van der Waals surface area contributed by atoms with Crippen LogP contribution in [0.2, 0.25) is 0 Å². The van der Waals surface area contributed by atoms with Gasteiger partial charge in [-0.15, -0.1) is 0 Å². The molecule has 0 atom stereocenters. The van der Waals surface area contributed by atoms with Crippen molar-refractivity contribution in [2.45, 2.75) is 0 Å². The molecule has 0 N–H and O–H groups in total. The van der Waals surface area contributed by atoms with E-state index in [0.717, 1.165) is 0 Å². The average Bonchev–Trinajstić information content (AvgIpc) is 2.36. The summed E-state index contributed by atoms with van der Waals surface area (Å²) in [6.45, 7) is 1.94. The van der Waals surface area contributed by atoms with Crippen molar-refractivity contribution in [1.29, 1.82) is 0 Å². The van der Waals surface area contributed by atoms with E-state index in [4.69, 9.17) is 39.5 Å². The molecule has 17 heavy (non-hydrogen) atoms. The van der Waals surface area contributed by atoms with Crippen LogP contribution in [0.25, 0.3) is 0 Å². The molecular weight excluding hydrogens is 288 g/mol. The summed E-state index contributed by atoms with van der Waals surface area (Å²) in [6.07, 6.45) is 0. The van der Waals surface area contributed by atoms with Crippen molar-refractivity contribution in [3.8, 4) is 0 Å². The Hall–Kier alpha value is -0.550. The molecule has 0 aromatic heterocycles. The van der Waals surface area contributed by atoms with Crippen molar-refractivity contribution in [3.05, 3.63) is 20.8 Å².